The molecule has 0 bridgehead atoms. The summed E-state index contributed by atoms with van der Waals surface area (Å²) in [6, 6.07) is 5.70. The highest BCUT2D eigenvalue weighted by Crippen LogP contribution is 2.33. The summed E-state index contributed by atoms with van der Waals surface area (Å²) >= 11 is 3.48. The number of hydrogen-bond acceptors (Lipinski definition) is 3. The lowest BCUT2D eigenvalue weighted by Crippen LogP contribution is -2.18. The van der Waals surface area contributed by atoms with E-state index in [-0.39, 0.29) is 0 Å². The zero-order valence-corrected chi connectivity index (χ0v) is 12.1. The predicted molar refractivity (Wildman–Crippen MR) is 73.8 cm³/mol. The van der Waals surface area contributed by atoms with Crippen molar-refractivity contribution in [3.8, 4) is 5.75 Å². The number of rotatable bonds is 4. The van der Waals surface area contributed by atoms with E-state index >= 15 is 0 Å². The van der Waals surface area contributed by atoms with Gasteiger partial charge in [-0.2, -0.15) is 0 Å². The van der Waals surface area contributed by atoms with Crippen molar-refractivity contribution < 1.29 is 14.6 Å². The summed E-state index contributed by atoms with van der Waals surface area (Å²) < 4.78 is 11.5. The fourth-order valence-corrected chi connectivity index (χ4v) is 2.84. The highest BCUT2D eigenvalue weighted by Gasteiger charge is 2.20. The molecule has 4 heteroatoms. The minimum Gasteiger partial charge on any atom is -0.497 e. The van der Waals surface area contributed by atoms with Gasteiger partial charge in [-0.25, -0.2) is 0 Å². The van der Waals surface area contributed by atoms with Gasteiger partial charge < -0.3 is 14.6 Å². The molecule has 18 heavy (non-hydrogen) atoms. The van der Waals surface area contributed by atoms with Crippen molar-refractivity contribution in [3.05, 3.63) is 28.2 Å². The number of hydrogen-bond donors (Lipinski definition) is 1. The van der Waals surface area contributed by atoms with Gasteiger partial charge >= 0.3 is 0 Å². The summed E-state index contributed by atoms with van der Waals surface area (Å²) in [4.78, 5) is 0. The number of aliphatic hydroxyl groups is 1. The number of ether oxygens (including phenoxy) is 2. The Balaban J connectivity index is 2.04. The van der Waals surface area contributed by atoms with Gasteiger partial charge in [-0.1, -0.05) is 15.9 Å². The van der Waals surface area contributed by atoms with E-state index < -0.39 is 6.10 Å². The van der Waals surface area contributed by atoms with Gasteiger partial charge in [0.1, 0.15) is 5.75 Å². The Hall–Kier alpha value is -0.580. The molecule has 3 nitrogen and oxygen atoms in total. The van der Waals surface area contributed by atoms with Crippen LogP contribution in [0.15, 0.2) is 22.7 Å². The van der Waals surface area contributed by atoms with Gasteiger partial charge in [0, 0.05) is 17.7 Å². The lowest BCUT2D eigenvalue weighted by Gasteiger charge is -2.25. The third-order valence-electron chi connectivity index (χ3n) is 3.46. The SMILES string of the molecule is COc1ccc(Br)c(C(O)CC2CCOCC2)c1. The topological polar surface area (TPSA) is 38.7 Å². The van der Waals surface area contributed by atoms with Crippen molar-refractivity contribution in [1.29, 1.82) is 0 Å². The van der Waals surface area contributed by atoms with Crippen LogP contribution >= 0.6 is 15.9 Å². The Labute approximate surface area is 116 Å². The molecule has 0 amide bonds. The lowest BCUT2D eigenvalue weighted by molar-refractivity contribution is 0.0433. The molecule has 0 aromatic heterocycles. The Morgan fingerprint density at radius 1 is 1.44 bits per heavy atom. The lowest BCUT2D eigenvalue weighted by atomic mass is 9.91. The van der Waals surface area contributed by atoms with Crippen molar-refractivity contribution >= 4 is 15.9 Å². The first-order chi connectivity index (χ1) is 8.70. The van der Waals surface area contributed by atoms with Gasteiger partial charge in [-0.3, -0.25) is 0 Å². The molecular formula is C14H19BrO3. The van der Waals surface area contributed by atoms with Crippen LogP contribution in [0.3, 0.4) is 0 Å². The summed E-state index contributed by atoms with van der Waals surface area (Å²) in [5.41, 5.74) is 0.904. The predicted octanol–water partition coefficient (Wildman–Crippen LogP) is 3.31. The Kier molecular flexibility index (Phi) is 5.03. The number of methoxy groups -OCH3 is 1. The molecule has 1 aromatic rings. The van der Waals surface area contributed by atoms with Crippen molar-refractivity contribution in [2.45, 2.75) is 25.4 Å². The van der Waals surface area contributed by atoms with E-state index in [2.05, 4.69) is 15.9 Å². The van der Waals surface area contributed by atoms with Crippen LogP contribution in [0.4, 0.5) is 0 Å². The molecule has 1 N–H and O–H groups in total. The summed E-state index contributed by atoms with van der Waals surface area (Å²) in [7, 11) is 1.64. The highest BCUT2D eigenvalue weighted by molar-refractivity contribution is 9.10. The molecule has 1 aromatic carbocycles. The van der Waals surface area contributed by atoms with E-state index in [9.17, 15) is 5.11 Å². The highest BCUT2D eigenvalue weighted by atomic mass is 79.9. The molecule has 0 radical (unpaired) electrons. The van der Waals surface area contributed by atoms with Gasteiger partial charge in [0.2, 0.25) is 0 Å². The normalized spacial score (nSPS) is 18.6. The second-order valence-electron chi connectivity index (χ2n) is 4.69. The van der Waals surface area contributed by atoms with E-state index in [0.717, 1.165) is 48.3 Å². The molecule has 0 spiro atoms. The fraction of sp³-hybridized carbons (Fsp3) is 0.571. The van der Waals surface area contributed by atoms with Crippen LogP contribution in [-0.2, 0) is 4.74 Å². The van der Waals surface area contributed by atoms with Crippen molar-refractivity contribution in [1.82, 2.24) is 0 Å². The molecule has 1 saturated heterocycles. The van der Waals surface area contributed by atoms with Gasteiger partial charge in [0.05, 0.1) is 13.2 Å². The molecule has 1 unspecified atom stereocenters. The quantitative estimate of drug-likeness (QED) is 0.926. The maximum Gasteiger partial charge on any atom is 0.119 e. The second kappa shape index (κ2) is 6.55. The first kappa shape index (κ1) is 13.8. The minimum absolute atomic E-state index is 0.447. The van der Waals surface area contributed by atoms with Crippen molar-refractivity contribution in [2.75, 3.05) is 20.3 Å². The molecular weight excluding hydrogens is 296 g/mol. The zero-order chi connectivity index (χ0) is 13.0. The van der Waals surface area contributed by atoms with Crippen LogP contribution in [0.2, 0.25) is 0 Å². The maximum absolute atomic E-state index is 10.3. The Bertz CT molecular complexity index is 389. The monoisotopic (exact) mass is 314 g/mol. The fourth-order valence-electron chi connectivity index (χ4n) is 2.33. The summed E-state index contributed by atoms with van der Waals surface area (Å²) in [5.74, 6) is 1.33. The summed E-state index contributed by atoms with van der Waals surface area (Å²) in [6.45, 7) is 1.63. The first-order valence-corrected chi connectivity index (χ1v) is 7.09. The van der Waals surface area contributed by atoms with Gasteiger partial charge in [0.15, 0.2) is 0 Å². The van der Waals surface area contributed by atoms with E-state index in [0.29, 0.717) is 5.92 Å². The average Bonchev–Trinajstić information content (AvgIpc) is 2.40. The zero-order valence-electron chi connectivity index (χ0n) is 10.6. The van der Waals surface area contributed by atoms with Crippen LogP contribution < -0.4 is 4.74 Å². The largest absolute Gasteiger partial charge is 0.497 e. The molecule has 1 aliphatic heterocycles. The number of halogens is 1. The maximum atomic E-state index is 10.3. The summed E-state index contributed by atoms with van der Waals surface area (Å²) in [6.07, 6.45) is 2.42. The van der Waals surface area contributed by atoms with Gasteiger partial charge in [-0.05, 0) is 48.9 Å². The second-order valence-corrected chi connectivity index (χ2v) is 5.55. The number of aliphatic hydroxyl groups excluding tert-OH is 1. The standard InChI is InChI=1S/C14H19BrO3/c1-17-11-2-3-13(15)12(9-11)14(16)8-10-4-6-18-7-5-10/h2-3,9-10,14,16H,4-8H2,1H3. The molecule has 1 atom stereocenters. The van der Waals surface area contributed by atoms with Crippen LogP contribution in [0.25, 0.3) is 0 Å². The van der Waals surface area contributed by atoms with Crippen LogP contribution in [-0.4, -0.2) is 25.4 Å². The van der Waals surface area contributed by atoms with Crippen molar-refractivity contribution in [3.63, 3.8) is 0 Å². The molecule has 1 heterocycles. The molecule has 2 rings (SSSR count). The van der Waals surface area contributed by atoms with E-state index in [1.54, 1.807) is 7.11 Å². The average molecular weight is 315 g/mol. The minimum atomic E-state index is -0.447. The van der Waals surface area contributed by atoms with E-state index in [4.69, 9.17) is 9.47 Å². The molecule has 1 aliphatic rings. The molecule has 0 aliphatic carbocycles. The molecule has 100 valence electrons. The Morgan fingerprint density at radius 3 is 2.83 bits per heavy atom. The van der Waals surface area contributed by atoms with Crippen LogP contribution in [0, 0.1) is 5.92 Å². The third-order valence-corrected chi connectivity index (χ3v) is 4.18. The van der Waals surface area contributed by atoms with Crippen LogP contribution in [0.1, 0.15) is 30.9 Å². The van der Waals surface area contributed by atoms with Gasteiger partial charge in [-0.15, -0.1) is 0 Å². The molecule has 1 fully saturated rings. The van der Waals surface area contributed by atoms with E-state index in [1.165, 1.54) is 0 Å². The van der Waals surface area contributed by atoms with Crippen LogP contribution in [0.5, 0.6) is 5.75 Å². The first-order valence-electron chi connectivity index (χ1n) is 6.30. The Morgan fingerprint density at radius 2 is 2.17 bits per heavy atom. The van der Waals surface area contributed by atoms with E-state index in [1.807, 2.05) is 18.2 Å². The number of benzene rings is 1. The molecule has 0 saturated carbocycles. The summed E-state index contributed by atoms with van der Waals surface area (Å²) in [5, 5.41) is 10.3. The third kappa shape index (κ3) is 3.46. The van der Waals surface area contributed by atoms with Gasteiger partial charge in [0.25, 0.3) is 0 Å². The smallest absolute Gasteiger partial charge is 0.119 e. The van der Waals surface area contributed by atoms with Crippen molar-refractivity contribution in [2.24, 2.45) is 5.92 Å².